The van der Waals surface area contributed by atoms with Gasteiger partial charge in [-0.25, -0.2) is 4.68 Å². The molecule has 0 unspecified atom stereocenters. The van der Waals surface area contributed by atoms with Gasteiger partial charge in [-0.1, -0.05) is 5.21 Å². The van der Waals surface area contributed by atoms with E-state index in [0.717, 1.165) is 40.9 Å². The first kappa shape index (κ1) is 22.6. The number of aromatic nitrogens is 4. The molecule has 0 saturated heterocycles. The van der Waals surface area contributed by atoms with E-state index < -0.39 is 0 Å². The van der Waals surface area contributed by atoms with Gasteiger partial charge in [0.25, 0.3) is 11.8 Å². The van der Waals surface area contributed by atoms with Crippen LogP contribution in [0, 0.1) is 0 Å². The number of rotatable bonds is 10. The number of carbonyl (C=O) groups excluding carboxylic acids is 2. The van der Waals surface area contributed by atoms with Crippen LogP contribution >= 0.6 is 0 Å². The van der Waals surface area contributed by atoms with E-state index in [9.17, 15) is 9.59 Å². The Labute approximate surface area is 202 Å². The summed E-state index contributed by atoms with van der Waals surface area (Å²) in [7, 11) is 0. The summed E-state index contributed by atoms with van der Waals surface area (Å²) in [5, 5.41) is 15.4. The molecule has 3 N–H and O–H groups in total. The topological polar surface area (TPSA) is 114 Å². The Morgan fingerprint density at radius 1 is 1.11 bits per heavy atom. The Kier molecular flexibility index (Phi) is 6.47. The zero-order chi connectivity index (χ0) is 24.2. The summed E-state index contributed by atoms with van der Waals surface area (Å²) in [5.74, 6) is 0.472. The summed E-state index contributed by atoms with van der Waals surface area (Å²) in [6.07, 6.45) is 5.13. The third-order valence-corrected chi connectivity index (χ3v) is 5.95. The number of nitrogens with zero attached hydrogens (tertiary/aromatic N) is 3. The first-order valence-corrected chi connectivity index (χ1v) is 12.0. The van der Waals surface area contributed by atoms with Gasteiger partial charge in [0, 0.05) is 35.2 Å². The van der Waals surface area contributed by atoms with Gasteiger partial charge in [-0.2, -0.15) is 0 Å². The average molecular weight is 473 g/mol. The summed E-state index contributed by atoms with van der Waals surface area (Å²) in [4.78, 5) is 28.1. The van der Waals surface area contributed by atoms with Crippen LogP contribution in [-0.2, 0) is 6.42 Å². The highest BCUT2D eigenvalue weighted by Gasteiger charge is 2.27. The molecule has 1 fully saturated rings. The van der Waals surface area contributed by atoms with Crippen LogP contribution in [0.1, 0.15) is 52.7 Å². The fraction of sp³-hybridized carbons (Fsp3) is 0.308. The predicted octanol–water partition coefficient (Wildman–Crippen LogP) is 3.40. The van der Waals surface area contributed by atoms with Crippen LogP contribution in [0.25, 0.3) is 16.6 Å². The van der Waals surface area contributed by atoms with Crippen molar-refractivity contribution >= 4 is 22.7 Å². The van der Waals surface area contributed by atoms with Gasteiger partial charge in [0.1, 0.15) is 5.75 Å². The molecule has 1 aliphatic rings. The number of H-pyrrole nitrogens is 1. The second kappa shape index (κ2) is 10.0. The van der Waals surface area contributed by atoms with E-state index in [0.29, 0.717) is 37.3 Å². The number of hydrogen-bond acceptors (Lipinski definition) is 5. The molecular formula is C26H28N6O3. The SMILES string of the molecule is CCNC(=O)c1ccc(-n2nnc(C(=O)NC3CC3)c2CCCOc2ccc3[nH]ccc3c2)cc1. The number of ether oxygens (including phenoxy) is 1. The number of carbonyl (C=O) groups is 2. The molecule has 9 nitrogen and oxygen atoms in total. The second-order valence-corrected chi connectivity index (χ2v) is 8.63. The number of aromatic amines is 1. The van der Waals surface area contributed by atoms with Gasteiger partial charge in [0.15, 0.2) is 5.69 Å². The molecule has 1 saturated carbocycles. The van der Waals surface area contributed by atoms with E-state index in [1.807, 2.05) is 49.5 Å². The fourth-order valence-corrected chi connectivity index (χ4v) is 3.96. The fourth-order valence-electron chi connectivity index (χ4n) is 3.96. The maximum atomic E-state index is 12.8. The van der Waals surface area contributed by atoms with E-state index >= 15 is 0 Å². The van der Waals surface area contributed by atoms with Crippen LogP contribution in [0.15, 0.2) is 54.7 Å². The van der Waals surface area contributed by atoms with Gasteiger partial charge < -0.3 is 20.4 Å². The summed E-state index contributed by atoms with van der Waals surface area (Å²) in [5.41, 5.74) is 3.43. The molecule has 0 atom stereocenters. The largest absolute Gasteiger partial charge is 0.494 e. The maximum Gasteiger partial charge on any atom is 0.273 e. The van der Waals surface area contributed by atoms with Gasteiger partial charge in [0.05, 0.1) is 18.0 Å². The molecule has 2 amide bonds. The number of hydrogen-bond donors (Lipinski definition) is 3. The van der Waals surface area contributed by atoms with Crippen molar-refractivity contribution in [2.45, 2.75) is 38.6 Å². The molecule has 9 heteroatoms. The van der Waals surface area contributed by atoms with E-state index in [-0.39, 0.29) is 17.9 Å². The first-order valence-electron chi connectivity index (χ1n) is 12.0. The summed E-state index contributed by atoms with van der Waals surface area (Å²) in [6.45, 7) is 2.93. The van der Waals surface area contributed by atoms with Gasteiger partial charge in [-0.05, 0) is 81.1 Å². The first-order chi connectivity index (χ1) is 17.1. The summed E-state index contributed by atoms with van der Waals surface area (Å²) < 4.78 is 7.63. The molecule has 1 aliphatic carbocycles. The molecule has 4 aromatic rings. The monoisotopic (exact) mass is 472 g/mol. The number of amides is 2. The molecule has 0 radical (unpaired) electrons. The maximum absolute atomic E-state index is 12.8. The molecule has 180 valence electrons. The van der Waals surface area contributed by atoms with Gasteiger partial charge in [-0.3, -0.25) is 9.59 Å². The summed E-state index contributed by atoms with van der Waals surface area (Å²) in [6, 6.07) is 15.3. The Balaban J connectivity index is 1.31. The minimum absolute atomic E-state index is 0.127. The van der Waals surface area contributed by atoms with Crippen molar-refractivity contribution in [3.05, 3.63) is 71.7 Å². The van der Waals surface area contributed by atoms with Gasteiger partial charge >= 0.3 is 0 Å². The smallest absolute Gasteiger partial charge is 0.273 e. The van der Waals surface area contributed by atoms with Crippen LogP contribution in [0.4, 0.5) is 0 Å². The Bertz CT molecular complexity index is 1340. The van der Waals surface area contributed by atoms with Crippen molar-refractivity contribution in [3.8, 4) is 11.4 Å². The molecule has 2 heterocycles. The highest BCUT2D eigenvalue weighted by molar-refractivity contribution is 5.95. The number of nitrogens with one attached hydrogen (secondary N) is 3. The van der Waals surface area contributed by atoms with E-state index in [1.54, 1.807) is 16.8 Å². The normalized spacial score (nSPS) is 13.1. The quantitative estimate of drug-likeness (QED) is 0.306. The molecule has 0 spiro atoms. The highest BCUT2D eigenvalue weighted by Crippen LogP contribution is 2.22. The van der Waals surface area contributed by atoms with Crippen LogP contribution in [0.2, 0.25) is 0 Å². The minimum atomic E-state index is -0.202. The lowest BCUT2D eigenvalue weighted by Gasteiger charge is -2.10. The Hall–Kier alpha value is -4.14. The van der Waals surface area contributed by atoms with Crippen molar-refractivity contribution in [3.63, 3.8) is 0 Å². The Morgan fingerprint density at radius 3 is 2.71 bits per heavy atom. The van der Waals surface area contributed by atoms with Crippen LogP contribution < -0.4 is 15.4 Å². The van der Waals surface area contributed by atoms with E-state index in [2.05, 4.69) is 25.9 Å². The van der Waals surface area contributed by atoms with Crippen molar-refractivity contribution in [2.24, 2.45) is 0 Å². The van der Waals surface area contributed by atoms with E-state index in [4.69, 9.17) is 4.74 Å². The zero-order valence-electron chi connectivity index (χ0n) is 19.6. The van der Waals surface area contributed by atoms with Crippen LogP contribution in [0.3, 0.4) is 0 Å². The molecule has 5 rings (SSSR count). The molecular weight excluding hydrogens is 444 g/mol. The average Bonchev–Trinajstić information content (AvgIpc) is 3.39. The molecule has 0 bridgehead atoms. The lowest BCUT2D eigenvalue weighted by Crippen LogP contribution is -2.27. The number of fused-ring (bicyclic) bond motifs is 1. The third kappa shape index (κ3) is 5.18. The Morgan fingerprint density at radius 2 is 1.94 bits per heavy atom. The molecule has 2 aromatic carbocycles. The third-order valence-electron chi connectivity index (χ3n) is 5.95. The lowest BCUT2D eigenvalue weighted by atomic mass is 10.1. The lowest BCUT2D eigenvalue weighted by molar-refractivity contribution is 0.0940. The predicted molar refractivity (Wildman–Crippen MR) is 132 cm³/mol. The minimum Gasteiger partial charge on any atom is -0.494 e. The zero-order valence-corrected chi connectivity index (χ0v) is 19.6. The second-order valence-electron chi connectivity index (χ2n) is 8.63. The van der Waals surface area contributed by atoms with Crippen molar-refractivity contribution in [2.75, 3.05) is 13.2 Å². The highest BCUT2D eigenvalue weighted by atomic mass is 16.5. The van der Waals surface area contributed by atoms with Gasteiger partial charge in [0.2, 0.25) is 0 Å². The molecule has 2 aromatic heterocycles. The summed E-state index contributed by atoms with van der Waals surface area (Å²) >= 11 is 0. The van der Waals surface area contributed by atoms with Crippen LogP contribution in [-0.4, -0.2) is 51.0 Å². The van der Waals surface area contributed by atoms with Crippen molar-refractivity contribution in [1.29, 1.82) is 0 Å². The standard InChI is InChI=1S/C26H28N6O3/c1-2-27-25(33)17-5-9-20(10-6-17)32-23(24(30-31-32)26(34)29-19-7-8-19)4-3-15-35-21-11-12-22-18(16-21)13-14-28-22/h5-6,9-14,16,19,28H,2-4,7-8,15H2,1H3,(H,27,33)(H,29,34). The van der Waals surface area contributed by atoms with E-state index in [1.165, 1.54) is 0 Å². The molecule has 0 aliphatic heterocycles. The number of benzene rings is 2. The van der Waals surface area contributed by atoms with Crippen LogP contribution in [0.5, 0.6) is 5.75 Å². The molecule has 35 heavy (non-hydrogen) atoms. The van der Waals surface area contributed by atoms with Crippen molar-refractivity contribution in [1.82, 2.24) is 30.6 Å². The van der Waals surface area contributed by atoms with Gasteiger partial charge in [-0.15, -0.1) is 5.10 Å². The van der Waals surface area contributed by atoms with Crippen molar-refractivity contribution < 1.29 is 14.3 Å².